The van der Waals surface area contributed by atoms with E-state index in [0.717, 1.165) is 83.9 Å². The Morgan fingerprint density at radius 3 is 1.26 bits per heavy atom. The maximum atomic E-state index is 3.37. The van der Waals surface area contributed by atoms with Crippen molar-refractivity contribution in [1.29, 1.82) is 0 Å². The average Bonchev–Trinajstić information content (AvgIpc) is 3.66. The largest absolute Gasteiger partial charge is 0.0916 e. The van der Waals surface area contributed by atoms with Crippen LogP contribution in [0.3, 0.4) is 0 Å². The molecule has 0 aliphatic heterocycles. The van der Waals surface area contributed by atoms with Crippen LogP contribution in [0.25, 0.3) is 0 Å². The third kappa shape index (κ3) is 6.65. The van der Waals surface area contributed by atoms with Crippen LogP contribution >= 0.6 is 45.2 Å². The molecule has 8 aliphatic rings. The van der Waals surface area contributed by atoms with Crippen molar-refractivity contribution in [2.75, 3.05) is 0 Å². The van der Waals surface area contributed by atoms with Crippen molar-refractivity contribution in [3.05, 3.63) is 0 Å². The molecule has 8 rings (SSSR count). The fourth-order valence-electron chi connectivity index (χ4n) is 17.2. The van der Waals surface area contributed by atoms with Gasteiger partial charge in [-0.2, -0.15) is 0 Å². The third-order valence-electron chi connectivity index (χ3n) is 19.7. The lowest BCUT2D eigenvalue weighted by Gasteiger charge is -2.60. The highest BCUT2D eigenvalue weighted by atomic mass is 127. The van der Waals surface area contributed by atoms with Gasteiger partial charge in [0.2, 0.25) is 0 Å². The molecule has 0 spiro atoms. The van der Waals surface area contributed by atoms with Gasteiger partial charge in [-0.25, -0.2) is 0 Å². The van der Waals surface area contributed by atoms with Gasteiger partial charge in [0.05, 0.1) is 0 Å². The Hall–Kier alpha value is 0.580. The van der Waals surface area contributed by atoms with Crippen molar-refractivity contribution >= 4 is 45.2 Å². The van der Waals surface area contributed by atoms with Crippen molar-refractivity contribution in [3.63, 3.8) is 0 Å². The van der Waals surface area contributed by atoms with Gasteiger partial charge in [-0.3, -0.25) is 0 Å². The Kier molecular flexibility index (Phi) is 12.1. The summed E-state index contributed by atoms with van der Waals surface area (Å²) < 4.78 is 6.22. The minimum absolute atomic E-state index is 0.616. The summed E-state index contributed by atoms with van der Waals surface area (Å²) in [4.78, 5) is 0. The molecular weight excluding hydrogens is 830 g/mol. The van der Waals surface area contributed by atoms with E-state index in [9.17, 15) is 0 Å². The monoisotopic (exact) mass is 904 g/mol. The van der Waals surface area contributed by atoms with E-state index in [2.05, 4.69) is 106 Å². The molecule has 50 heavy (non-hydrogen) atoms. The van der Waals surface area contributed by atoms with Gasteiger partial charge in [-0.15, -0.1) is 0 Å². The Morgan fingerprint density at radius 1 is 0.460 bits per heavy atom. The molecule has 0 aromatic heterocycles. The van der Waals surface area contributed by atoms with E-state index in [0.29, 0.717) is 21.7 Å². The summed E-state index contributed by atoms with van der Waals surface area (Å²) in [5.41, 5.74) is 2.62. The highest BCUT2D eigenvalue weighted by molar-refractivity contribution is 14.1. The van der Waals surface area contributed by atoms with E-state index in [1.54, 1.807) is 25.7 Å². The van der Waals surface area contributed by atoms with Crippen molar-refractivity contribution in [2.45, 2.75) is 183 Å². The first-order valence-electron chi connectivity index (χ1n) is 22.2. The summed E-state index contributed by atoms with van der Waals surface area (Å²) in [5.74, 6) is 18.5. The van der Waals surface area contributed by atoms with Crippen molar-refractivity contribution in [1.82, 2.24) is 0 Å². The molecule has 0 bridgehead atoms. The minimum atomic E-state index is 0.616. The molecule has 0 N–H and O–H groups in total. The van der Waals surface area contributed by atoms with Crippen LogP contribution in [0, 0.1) is 112 Å². The topological polar surface area (TPSA) is 0 Å². The van der Waals surface area contributed by atoms with Gasteiger partial charge in [0, 0.05) is 58.0 Å². The van der Waals surface area contributed by atoms with E-state index >= 15 is 0 Å². The fourth-order valence-corrected chi connectivity index (χ4v) is 17.7. The minimum Gasteiger partial charge on any atom is -0.0916 e. The van der Waals surface area contributed by atoms with Gasteiger partial charge in [0.25, 0.3) is 0 Å². The Bertz CT molecular complexity index is 1210. The molecule has 0 nitrogen and oxygen atoms in total. The van der Waals surface area contributed by atoms with E-state index < -0.39 is 0 Å². The van der Waals surface area contributed by atoms with E-state index in [1.165, 1.54) is 103 Å². The molecule has 8 fully saturated rings. The van der Waals surface area contributed by atoms with Crippen molar-refractivity contribution in [2.24, 2.45) is 92.7 Å². The quantitative estimate of drug-likeness (QED) is 0.195. The molecule has 8 aliphatic carbocycles. The van der Waals surface area contributed by atoms with Crippen LogP contribution in [0.5, 0.6) is 0 Å². The van der Waals surface area contributed by atoms with Gasteiger partial charge >= 0.3 is 0 Å². The number of fused-ring (bicyclic) bond motifs is 10. The molecule has 0 radical (unpaired) electrons. The van der Waals surface area contributed by atoms with Gasteiger partial charge in [-0.1, -0.05) is 79.1 Å². The Labute approximate surface area is 337 Å². The lowest BCUT2D eigenvalue weighted by Crippen LogP contribution is -2.53. The number of hydrogen-bond acceptors (Lipinski definition) is 0. The molecule has 0 aromatic rings. The molecule has 8 saturated carbocycles. The fraction of sp³-hybridized carbons (Fsp3) is 0.917. The average molecular weight is 905 g/mol. The zero-order valence-corrected chi connectivity index (χ0v) is 37.6. The molecule has 2 heteroatoms. The van der Waals surface area contributed by atoms with Gasteiger partial charge in [-0.05, 0) is 203 Å². The predicted molar refractivity (Wildman–Crippen MR) is 231 cm³/mol. The van der Waals surface area contributed by atoms with Crippen LogP contribution < -0.4 is 0 Å². The van der Waals surface area contributed by atoms with Crippen LogP contribution in [0.2, 0.25) is 0 Å². The van der Waals surface area contributed by atoms with Crippen LogP contribution in [-0.4, -0.2) is 0 Å². The summed E-state index contributed by atoms with van der Waals surface area (Å²) in [6.07, 6.45) is 32.7. The molecule has 280 valence electrons. The SMILES string of the molecule is C[C@H](CC#CI)[C@H]1CC[C@H]2[C@@H]3CCC4CCCC[C@]4(C)[C@H]3CC[C@]12C.C[C@H](CC#CI)[C@H]1CC[C@H]2[C@@H]3CCC4CCCC[C@]4(C)[C@H]3CC[C@]12C. The van der Waals surface area contributed by atoms with Crippen molar-refractivity contribution in [3.8, 4) is 19.7 Å². The molecule has 0 heterocycles. The highest BCUT2D eigenvalue weighted by Gasteiger charge is 2.61. The zero-order valence-electron chi connectivity index (χ0n) is 33.2. The second kappa shape index (κ2) is 15.6. The normalized spacial score (nSPS) is 50.0. The standard InChI is InChI=1S/2C24H37I/c2*1-17(7-6-16-25)20-11-12-21-19-10-9-18-8-4-5-14-23(18,2)22(19)13-15-24(20,21)3/h2*17-22H,4-5,7-15H2,1-3H3/t2*17-,18?,19+,20-,21+,22+,23+,24-/m11/s1. The maximum absolute atomic E-state index is 3.37. The number of hydrogen-bond donors (Lipinski definition) is 0. The first kappa shape index (κ1) is 38.8. The second-order valence-electron chi connectivity index (χ2n) is 21.2. The van der Waals surface area contributed by atoms with Crippen LogP contribution in [-0.2, 0) is 0 Å². The summed E-state index contributed by atoms with van der Waals surface area (Å²) in [7, 11) is 0. The van der Waals surface area contributed by atoms with Crippen LogP contribution in [0.15, 0.2) is 0 Å². The first-order valence-corrected chi connectivity index (χ1v) is 24.3. The lowest BCUT2D eigenvalue weighted by molar-refractivity contribution is -0.114. The van der Waals surface area contributed by atoms with Gasteiger partial charge in [0.15, 0.2) is 0 Å². The Morgan fingerprint density at radius 2 is 0.860 bits per heavy atom. The first-order chi connectivity index (χ1) is 24.0. The molecule has 0 saturated heterocycles. The number of rotatable bonds is 4. The zero-order chi connectivity index (χ0) is 35.3. The van der Waals surface area contributed by atoms with Gasteiger partial charge in [0.1, 0.15) is 0 Å². The second-order valence-corrected chi connectivity index (χ2v) is 22.2. The molecule has 2 unspecified atom stereocenters. The maximum Gasteiger partial charge on any atom is 0.0181 e. The molecule has 0 amide bonds. The smallest absolute Gasteiger partial charge is 0.0181 e. The molecule has 16 atom stereocenters. The summed E-state index contributed by atoms with van der Waals surface area (Å²) in [6.45, 7) is 15.8. The Balaban J connectivity index is 0.000000157. The van der Waals surface area contributed by atoms with E-state index in [-0.39, 0.29) is 0 Å². The van der Waals surface area contributed by atoms with Crippen LogP contribution in [0.1, 0.15) is 183 Å². The van der Waals surface area contributed by atoms with E-state index in [4.69, 9.17) is 0 Å². The highest BCUT2D eigenvalue weighted by Crippen LogP contribution is 2.70. The number of halogens is 2. The molecular formula is C48H74I2. The van der Waals surface area contributed by atoms with Crippen LogP contribution in [0.4, 0.5) is 0 Å². The summed E-state index contributed by atoms with van der Waals surface area (Å²) in [6, 6.07) is 0. The van der Waals surface area contributed by atoms with E-state index in [1.807, 2.05) is 0 Å². The lowest BCUT2D eigenvalue weighted by atomic mass is 9.44. The summed E-state index contributed by atoms with van der Waals surface area (Å²) >= 11 is 4.41. The summed E-state index contributed by atoms with van der Waals surface area (Å²) in [5, 5.41) is 0. The van der Waals surface area contributed by atoms with Crippen molar-refractivity contribution < 1.29 is 0 Å². The van der Waals surface area contributed by atoms with Gasteiger partial charge < -0.3 is 0 Å². The molecule has 0 aromatic carbocycles. The third-order valence-corrected chi connectivity index (χ3v) is 20.4. The predicted octanol–water partition coefficient (Wildman–Crippen LogP) is 14.9.